The van der Waals surface area contributed by atoms with Crippen molar-refractivity contribution in [2.75, 3.05) is 6.54 Å². The molecule has 1 aliphatic rings. The molecule has 0 bridgehead atoms. The lowest BCUT2D eigenvalue weighted by atomic mass is 10.0. The summed E-state index contributed by atoms with van der Waals surface area (Å²) >= 11 is 1.44. The number of amides is 1. The summed E-state index contributed by atoms with van der Waals surface area (Å²) in [7, 11) is 0. The van der Waals surface area contributed by atoms with Crippen molar-refractivity contribution in [2.45, 2.75) is 26.7 Å². The van der Waals surface area contributed by atoms with Gasteiger partial charge in [-0.1, -0.05) is 56.3 Å². The monoisotopic (exact) mass is 350 g/mol. The number of nitrogens with zero attached hydrogens (tertiary/aromatic N) is 2. The molecule has 3 nitrogen and oxygen atoms in total. The van der Waals surface area contributed by atoms with Crippen LogP contribution in [0.4, 0.5) is 5.69 Å². The maximum absolute atomic E-state index is 12.7. The molecule has 0 saturated carbocycles. The summed E-state index contributed by atoms with van der Waals surface area (Å²) in [5.41, 5.74) is 3.20. The highest BCUT2D eigenvalue weighted by molar-refractivity contribution is 8.18. The van der Waals surface area contributed by atoms with E-state index in [4.69, 9.17) is 0 Å². The van der Waals surface area contributed by atoms with Crippen molar-refractivity contribution in [1.29, 1.82) is 0 Å². The number of carbonyl (C=O) groups is 1. The van der Waals surface area contributed by atoms with Crippen molar-refractivity contribution < 1.29 is 4.79 Å². The first kappa shape index (κ1) is 17.5. The van der Waals surface area contributed by atoms with E-state index in [2.05, 4.69) is 43.1 Å². The number of hydrogen-bond acceptors (Lipinski definition) is 3. The normalized spacial score (nSPS) is 17.9. The maximum Gasteiger partial charge on any atom is 0.266 e. The fourth-order valence-corrected chi connectivity index (χ4v) is 3.67. The van der Waals surface area contributed by atoms with E-state index >= 15 is 0 Å². The Kier molecular flexibility index (Phi) is 5.39. The molecule has 1 heterocycles. The highest BCUT2D eigenvalue weighted by Gasteiger charge is 2.32. The van der Waals surface area contributed by atoms with Crippen molar-refractivity contribution in [3.63, 3.8) is 0 Å². The van der Waals surface area contributed by atoms with Crippen LogP contribution in [0.2, 0.25) is 0 Å². The summed E-state index contributed by atoms with van der Waals surface area (Å²) in [4.78, 5) is 19.8. The van der Waals surface area contributed by atoms with E-state index in [1.807, 2.05) is 43.3 Å². The van der Waals surface area contributed by atoms with Gasteiger partial charge in [0.15, 0.2) is 5.17 Å². The van der Waals surface area contributed by atoms with Crippen molar-refractivity contribution >= 4 is 34.6 Å². The van der Waals surface area contributed by atoms with E-state index in [1.165, 1.54) is 17.3 Å². The second kappa shape index (κ2) is 7.70. The summed E-state index contributed by atoms with van der Waals surface area (Å²) < 4.78 is 0. The smallest absolute Gasteiger partial charge is 0.266 e. The molecule has 1 amide bonds. The van der Waals surface area contributed by atoms with Gasteiger partial charge < -0.3 is 0 Å². The van der Waals surface area contributed by atoms with Gasteiger partial charge in [-0.05, 0) is 53.9 Å². The highest BCUT2D eigenvalue weighted by atomic mass is 32.2. The molecule has 0 radical (unpaired) electrons. The van der Waals surface area contributed by atoms with E-state index in [9.17, 15) is 4.79 Å². The number of hydrogen-bond donors (Lipinski definition) is 0. The Labute approximate surface area is 153 Å². The van der Waals surface area contributed by atoms with Crippen LogP contribution in [-0.4, -0.2) is 22.5 Å². The molecular weight excluding hydrogens is 328 g/mol. The van der Waals surface area contributed by atoms with E-state index in [0.29, 0.717) is 17.4 Å². The molecule has 1 fully saturated rings. The third-order valence-corrected chi connectivity index (χ3v) is 5.09. The number of aliphatic imine (C=N–C) groups is 1. The van der Waals surface area contributed by atoms with Gasteiger partial charge in [0.05, 0.1) is 10.6 Å². The van der Waals surface area contributed by atoms with E-state index in [0.717, 1.165) is 16.4 Å². The van der Waals surface area contributed by atoms with Crippen LogP contribution in [-0.2, 0) is 4.79 Å². The van der Waals surface area contributed by atoms with Gasteiger partial charge in [-0.3, -0.25) is 9.69 Å². The van der Waals surface area contributed by atoms with Crippen molar-refractivity contribution in [3.05, 3.63) is 70.6 Å². The molecule has 0 unspecified atom stereocenters. The predicted molar refractivity (Wildman–Crippen MR) is 107 cm³/mol. The zero-order valence-electron chi connectivity index (χ0n) is 14.8. The Balaban J connectivity index is 1.88. The third kappa shape index (κ3) is 4.02. The lowest BCUT2D eigenvalue weighted by Crippen LogP contribution is -2.28. The molecule has 1 aliphatic heterocycles. The number of rotatable bonds is 4. The van der Waals surface area contributed by atoms with Gasteiger partial charge in [-0.25, -0.2) is 4.99 Å². The molecule has 2 aromatic rings. The van der Waals surface area contributed by atoms with Gasteiger partial charge in [0, 0.05) is 6.54 Å². The minimum absolute atomic E-state index is 0.0233. The third-order valence-electron chi connectivity index (χ3n) is 4.09. The molecule has 3 rings (SSSR count). The lowest BCUT2D eigenvalue weighted by molar-refractivity contribution is -0.122. The van der Waals surface area contributed by atoms with Gasteiger partial charge in [-0.15, -0.1) is 0 Å². The Hall–Kier alpha value is -2.33. The largest absolute Gasteiger partial charge is 0.287 e. The molecule has 128 valence electrons. The van der Waals surface area contributed by atoms with Crippen molar-refractivity contribution in [3.8, 4) is 0 Å². The Morgan fingerprint density at radius 2 is 1.76 bits per heavy atom. The average molecular weight is 350 g/mol. The molecule has 0 N–H and O–H groups in total. The first-order chi connectivity index (χ1) is 12.1. The summed E-state index contributed by atoms with van der Waals surface area (Å²) in [5.74, 6) is 0.527. The number of thioether (sulfide) groups is 1. The van der Waals surface area contributed by atoms with Crippen LogP contribution in [0.15, 0.2) is 64.5 Å². The quantitative estimate of drug-likeness (QED) is 0.688. The highest BCUT2D eigenvalue weighted by Crippen LogP contribution is 2.34. The topological polar surface area (TPSA) is 32.7 Å². The Morgan fingerprint density at radius 3 is 2.36 bits per heavy atom. The summed E-state index contributed by atoms with van der Waals surface area (Å²) in [6, 6.07) is 18.1. The summed E-state index contributed by atoms with van der Waals surface area (Å²) in [6.45, 7) is 6.94. The Morgan fingerprint density at radius 1 is 1.08 bits per heavy atom. The SMILES string of the molecule is CCN1C(=O)/C(=C\c2ccc(C(C)C)cc2)SC1=Nc1ccccc1. The number of carbonyl (C=O) groups excluding carboxylic acids is 1. The number of benzene rings is 2. The minimum Gasteiger partial charge on any atom is -0.287 e. The fraction of sp³-hybridized carbons (Fsp3) is 0.238. The standard InChI is InChI=1S/C21H22N2OS/c1-4-23-20(24)19(14-16-10-12-17(13-11-16)15(2)3)25-21(23)22-18-8-6-5-7-9-18/h5-15H,4H2,1-3H3/b19-14+,22-21?. The predicted octanol–water partition coefficient (Wildman–Crippen LogP) is 5.43. The van der Waals surface area contributed by atoms with E-state index in [1.54, 1.807) is 4.90 Å². The molecule has 0 aromatic heterocycles. The average Bonchev–Trinajstić information content (AvgIpc) is 2.91. The molecule has 1 saturated heterocycles. The molecular formula is C21H22N2OS. The van der Waals surface area contributed by atoms with Gasteiger partial charge in [0.1, 0.15) is 0 Å². The van der Waals surface area contributed by atoms with Crippen LogP contribution in [0.1, 0.15) is 37.8 Å². The molecule has 25 heavy (non-hydrogen) atoms. The van der Waals surface area contributed by atoms with Crippen LogP contribution in [0.25, 0.3) is 6.08 Å². The van der Waals surface area contributed by atoms with Crippen LogP contribution in [0, 0.1) is 0 Å². The second-order valence-corrected chi connectivity index (χ2v) is 7.22. The number of para-hydroxylation sites is 1. The maximum atomic E-state index is 12.7. The van der Waals surface area contributed by atoms with Gasteiger partial charge >= 0.3 is 0 Å². The minimum atomic E-state index is 0.0233. The summed E-state index contributed by atoms with van der Waals surface area (Å²) in [5, 5.41) is 0.740. The van der Waals surface area contributed by atoms with Gasteiger partial charge in [0.25, 0.3) is 5.91 Å². The number of amidine groups is 1. The Bertz CT molecular complexity index is 808. The van der Waals surface area contributed by atoms with Crippen LogP contribution in [0.3, 0.4) is 0 Å². The zero-order valence-corrected chi connectivity index (χ0v) is 15.6. The van der Waals surface area contributed by atoms with Crippen LogP contribution >= 0.6 is 11.8 Å². The molecule has 0 spiro atoms. The second-order valence-electron chi connectivity index (χ2n) is 6.21. The molecule has 2 aromatic carbocycles. The first-order valence-corrected chi connectivity index (χ1v) is 9.35. The van der Waals surface area contributed by atoms with Crippen LogP contribution in [0.5, 0.6) is 0 Å². The van der Waals surface area contributed by atoms with Gasteiger partial charge in [-0.2, -0.15) is 0 Å². The summed E-state index contributed by atoms with van der Waals surface area (Å²) in [6.07, 6.45) is 1.95. The van der Waals surface area contributed by atoms with Crippen molar-refractivity contribution in [1.82, 2.24) is 4.90 Å². The number of likely N-dealkylation sites (N-methyl/N-ethyl adjacent to an activating group) is 1. The molecule has 0 atom stereocenters. The molecule has 4 heteroatoms. The van der Waals surface area contributed by atoms with Crippen molar-refractivity contribution in [2.24, 2.45) is 4.99 Å². The van der Waals surface area contributed by atoms with E-state index in [-0.39, 0.29) is 5.91 Å². The zero-order chi connectivity index (χ0) is 17.8. The fourth-order valence-electron chi connectivity index (χ4n) is 2.61. The first-order valence-electron chi connectivity index (χ1n) is 8.53. The van der Waals surface area contributed by atoms with E-state index < -0.39 is 0 Å². The molecule has 0 aliphatic carbocycles. The van der Waals surface area contributed by atoms with Crippen LogP contribution < -0.4 is 0 Å². The van der Waals surface area contributed by atoms with Gasteiger partial charge in [0.2, 0.25) is 0 Å². The lowest BCUT2D eigenvalue weighted by Gasteiger charge is -2.11.